The number of hydrogen-bond acceptors (Lipinski definition) is 2. The summed E-state index contributed by atoms with van der Waals surface area (Å²) in [7, 11) is 0. The van der Waals surface area contributed by atoms with Crippen molar-refractivity contribution in [3.63, 3.8) is 0 Å². The lowest BCUT2D eigenvalue weighted by Crippen LogP contribution is -2.18. The third-order valence-corrected chi connectivity index (χ3v) is 3.33. The van der Waals surface area contributed by atoms with E-state index in [2.05, 4.69) is 20.7 Å². The van der Waals surface area contributed by atoms with Crippen molar-refractivity contribution in [3.8, 4) is 0 Å². The highest BCUT2D eigenvalue weighted by Crippen LogP contribution is 2.18. The molecule has 0 spiro atoms. The second kappa shape index (κ2) is 8.64. The number of aliphatic hydroxyl groups is 1. The minimum absolute atomic E-state index is 0.0196. The molecule has 0 aliphatic heterocycles. The van der Waals surface area contributed by atoms with Crippen LogP contribution < -0.4 is 0 Å². The second-order valence-corrected chi connectivity index (χ2v) is 5.61. The van der Waals surface area contributed by atoms with Crippen LogP contribution in [-0.2, 0) is 11.2 Å². The van der Waals surface area contributed by atoms with Crippen molar-refractivity contribution in [1.82, 2.24) is 0 Å². The van der Waals surface area contributed by atoms with Gasteiger partial charge in [-0.1, -0.05) is 28.1 Å². The number of hydrogen-bond donors (Lipinski definition) is 1. The molecule has 0 aromatic heterocycles. The highest BCUT2D eigenvalue weighted by molar-refractivity contribution is 9.10. The number of aliphatic hydroxyl groups excluding tert-OH is 1. The maximum atomic E-state index is 11.9. The standard InChI is InChI=1S/C14H18BrF3O2/c15-13-5-1-3-11(8-13)7-12(9-19)4-2-6-20-10-14(16,17)18/h1,3,5,8,12,19H,2,4,6-7,9-10H2. The predicted molar refractivity (Wildman–Crippen MR) is 74.5 cm³/mol. The Morgan fingerprint density at radius 2 is 2.05 bits per heavy atom. The summed E-state index contributed by atoms with van der Waals surface area (Å²) in [6.07, 6.45) is -2.42. The molecule has 0 aliphatic rings. The van der Waals surface area contributed by atoms with Gasteiger partial charge in [0.1, 0.15) is 6.61 Å². The molecule has 0 amide bonds. The Hall–Kier alpha value is -0.590. The van der Waals surface area contributed by atoms with Crippen LogP contribution in [0.2, 0.25) is 0 Å². The molecule has 6 heteroatoms. The lowest BCUT2D eigenvalue weighted by Gasteiger charge is -2.14. The van der Waals surface area contributed by atoms with Crippen molar-refractivity contribution in [2.24, 2.45) is 5.92 Å². The average Bonchev–Trinajstić information content (AvgIpc) is 2.35. The fourth-order valence-corrected chi connectivity index (χ4v) is 2.36. The first-order valence-corrected chi connectivity index (χ1v) is 7.20. The minimum Gasteiger partial charge on any atom is -0.396 e. The predicted octanol–water partition coefficient (Wildman–Crippen LogP) is 3.96. The van der Waals surface area contributed by atoms with E-state index in [0.717, 1.165) is 10.0 Å². The van der Waals surface area contributed by atoms with Crippen LogP contribution in [-0.4, -0.2) is 31.1 Å². The van der Waals surface area contributed by atoms with Crippen molar-refractivity contribution in [2.75, 3.05) is 19.8 Å². The van der Waals surface area contributed by atoms with E-state index < -0.39 is 12.8 Å². The zero-order valence-electron chi connectivity index (χ0n) is 11.0. The summed E-state index contributed by atoms with van der Waals surface area (Å²) in [5.74, 6) is 0.0405. The topological polar surface area (TPSA) is 29.5 Å². The fourth-order valence-electron chi connectivity index (χ4n) is 1.92. The minimum atomic E-state index is -4.27. The smallest absolute Gasteiger partial charge is 0.396 e. The van der Waals surface area contributed by atoms with E-state index >= 15 is 0 Å². The van der Waals surface area contributed by atoms with Crippen LogP contribution in [0.3, 0.4) is 0 Å². The third-order valence-electron chi connectivity index (χ3n) is 2.84. The molecule has 20 heavy (non-hydrogen) atoms. The van der Waals surface area contributed by atoms with Crippen molar-refractivity contribution in [3.05, 3.63) is 34.3 Å². The van der Waals surface area contributed by atoms with E-state index in [9.17, 15) is 18.3 Å². The molecule has 0 radical (unpaired) electrons. The molecule has 114 valence electrons. The fraction of sp³-hybridized carbons (Fsp3) is 0.571. The molecule has 2 nitrogen and oxygen atoms in total. The lowest BCUT2D eigenvalue weighted by molar-refractivity contribution is -0.174. The van der Waals surface area contributed by atoms with E-state index in [4.69, 9.17) is 0 Å². The largest absolute Gasteiger partial charge is 0.411 e. The maximum absolute atomic E-state index is 11.9. The van der Waals surface area contributed by atoms with Gasteiger partial charge in [0.15, 0.2) is 0 Å². The van der Waals surface area contributed by atoms with Gasteiger partial charge in [0, 0.05) is 17.7 Å². The Bertz CT molecular complexity index is 396. The van der Waals surface area contributed by atoms with Crippen LogP contribution in [0, 0.1) is 5.92 Å². The molecular weight excluding hydrogens is 337 g/mol. The van der Waals surface area contributed by atoms with Gasteiger partial charge < -0.3 is 9.84 Å². The molecule has 1 atom stereocenters. The van der Waals surface area contributed by atoms with Gasteiger partial charge in [0.05, 0.1) is 0 Å². The molecule has 0 bridgehead atoms. The Morgan fingerprint density at radius 1 is 1.30 bits per heavy atom. The molecule has 1 rings (SSSR count). The Kier molecular flexibility index (Phi) is 7.55. The van der Waals surface area contributed by atoms with Crippen LogP contribution in [0.5, 0.6) is 0 Å². The van der Waals surface area contributed by atoms with E-state index in [1.807, 2.05) is 24.3 Å². The average molecular weight is 355 g/mol. The normalized spacial score (nSPS) is 13.4. The van der Waals surface area contributed by atoms with Crippen LogP contribution >= 0.6 is 15.9 Å². The van der Waals surface area contributed by atoms with Crippen LogP contribution in [0.4, 0.5) is 13.2 Å². The van der Waals surface area contributed by atoms with Crippen molar-refractivity contribution < 1.29 is 23.0 Å². The first kappa shape index (κ1) is 17.5. The number of rotatable bonds is 8. The summed E-state index contributed by atoms with van der Waals surface area (Å²) < 4.78 is 41.1. The number of benzene rings is 1. The first-order chi connectivity index (χ1) is 9.40. The monoisotopic (exact) mass is 354 g/mol. The molecule has 1 unspecified atom stereocenters. The Morgan fingerprint density at radius 3 is 2.65 bits per heavy atom. The van der Waals surface area contributed by atoms with Gasteiger partial charge in [-0.2, -0.15) is 13.2 Å². The second-order valence-electron chi connectivity index (χ2n) is 4.69. The lowest BCUT2D eigenvalue weighted by atomic mass is 9.96. The molecule has 1 aromatic rings. The van der Waals surface area contributed by atoms with Crippen LogP contribution in [0.15, 0.2) is 28.7 Å². The summed E-state index contributed by atoms with van der Waals surface area (Å²) in [5, 5.41) is 9.31. The quantitative estimate of drug-likeness (QED) is 0.716. The Balaban J connectivity index is 2.26. The Labute approximate surface area is 125 Å². The van der Waals surface area contributed by atoms with Crippen molar-refractivity contribution >= 4 is 15.9 Å². The first-order valence-electron chi connectivity index (χ1n) is 6.40. The van der Waals surface area contributed by atoms with Crippen LogP contribution in [0.25, 0.3) is 0 Å². The summed E-state index contributed by atoms with van der Waals surface area (Å²) in [5.41, 5.74) is 1.09. The summed E-state index contributed by atoms with van der Waals surface area (Å²) in [4.78, 5) is 0. The van der Waals surface area contributed by atoms with E-state index in [0.29, 0.717) is 19.3 Å². The van der Waals surface area contributed by atoms with Gasteiger partial charge in [0.25, 0.3) is 0 Å². The third kappa shape index (κ3) is 7.87. The molecule has 0 fully saturated rings. The van der Waals surface area contributed by atoms with Crippen molar-refractivity contribution in [2.45, 2.75) is 25.4 Å². The van der Waals surface area contributed by atoms with E-state index in [1.165, 1.54) is 0 Å². The summed E-state index contributed by atoms with van der Waals surface area (Å²) in [6, 6.07) is 7.78. The van der Waals surface area contributed by atoms with Gasteiger partial charge in [-0.05, 0) is 42.9 Å². The number of ether oxygens (including phenoxy) is 1. The maximum Gasteiger partial charge on any atom is 0.411 e. The van der Waals surface area contributed by atoms with Gasteiger partial charge in [-0.3, -0.25) is 0 Å². The van der Waals surface area contributed by atoms with Gasteiger partial charge in [-0.25, -0.2) is 0 Å². The van der Waals surface area contributed by atoms with Gasteiger partial charge in [-0.15, -0.1) is 0 Å². The summed E-state index contributed by atoms with van der Waals surface area (Å²) in [6.45, 7) is -1.12. The highest BCUT2D eigenvalue weighted by atomic mass is 79.9. The molecule has 0 saturated heterocycles. The van der Waals surface area contributed by atoms with E-state index in [-0.39, 0.29) is 19.1 Å². The van der Waals surface area contributed by atoms with Gasteiger partial charge in [0.2, 0.25) is 0 Å². The van der Waals surface area contributed by atoms with E-state index in [1.54, 1.807) is 0 Å². The molecular formula is C14H18BrF3O2. The summed E-state index contributed by atoms with van der Waals surface area (Å²) >= 11 is 3.38. The molecule has 1 aromatic carbocycles. The van der Waals surface area contributed by atoms with Crippen molar-refractivity contribution in [1.29, 1.82) is 0 Å². The number of alkyl halides is 3. The number of halogens is 4. The molecule has 1 N–H and O–H groups in total. The zero-order chi connectivity index (χ0) is 15.0. The molecule has 0 aliphatic carbocycles. The molecule has 0 heterocycles. The van der Waals surface area contributed by atoms with Crippen LogP contribution in [0.1, 0.15) is 18.4 Å². The van der Waals surface area contributed by atoms with Gasteiger partial charge >= 0.3 is 6.18 Å². The SMILES string of the molecule is OCC(CCCOCC(F)(F)F)Cc1cccc(Br)c1. The highest BCUT2D eigenvalue weighted by Gasteiger charge is 2.27. The zero-order valence-corrected chi connectivity index (χ0v) is 12.6. The molecule has 0 saturated carbocycles.